The number of nitriles is 1. The van der Waals surface area contributed by atoms with Crippen LogP contribution in [0.3, 0.4) is 0 Å². The van der Waals surface area contributed by atoms with Crippen LogP contribution < -0.4 is 5.32 Å². The molecule has 2 atom stereocenters. The van der Waals surface area contributed by atoms with E-state index in [0.717, 1.165) is 28.6 Å². The zero-order chi connectivity index (χ0) is 13.8. The van der Waals surface area contributed by atoms with Crippen LogP contribution in [0.2, 0.25) is 0 Å². The predicted octanol–water partition coefficient (Wildman–Crippen LogP) is 3.50. The lowest BCUT2D eigenvalue weighted by atomic mass is 10.0. The minimum absolute atomic E-state index is 0.263. The maximum atomic E-state index is 9.31. The summed E-state index contributed by atoms with van der Waals surface area (Å²) in [6, 6.07) is 12.5. The van der Waals surface area contributed by atoms with Gasteiger partial charge in [0, 0.05) is 17.1 Å². The van der Waals surface area contributed by atoms with Crippen molar-refractivity contribution in [3.63, 3.8) is 0 Å². The van der Waals surface area contributed by atoms with Crippen molar-refractivity contribution in [1.82, 2.24) is 10.3 Å². The topological polar surface area (TPSA) is 48.7 Å². The Bertz CT molecular complexity index is 613. The summed E-state index contributed by atoms with van der Waals surface area (Å²) in [4.78, 5) is 4.48. The Balaban J connectivity index is 2.34. The van der Waals surface area contributed by atoms with Crippen molar-refractivity contribution in [2.45, 2.75) is 39.3 Å². The van der Waals surface area contributed by atoms with E-state index in [0.29, 0.717) is 6.04 Å². The summed E-state index contributed by atoms with van der Waals surface area (Å²) in [6.45, 7) is 6.19. The Hall–Kier alpha value is -1.92. The average Bonchev–Trinajstić information content (AvgIpc) is 2.43. The fourth-order valence-corrected chi connectivity index (χ4v) is 2.04. The molecule has 0 radical (unpaired) electrons. The highest BCUT2D eigenvalue weighted by Crippen LogP contribution is 2.20. The highest BCUT2D eigenvalue weighted by atomic mass is 14.9. The van der Waals surface area contributed by atoms with Gasteiger partial charge in [0.05, 0.1) is 11.6 Å². The van der Waals surface area contributed by atoms with E-state index in [9.17, 15) is 5.26 Å². The first-order valence-corrected chi connectivity index (χ1v) is 6.67. The summed E-state index contributed by atoms with van der Waals surface area (Å²) < 4.78 is 0. The Morgan fingerprint density at radius 3 is 2.79 bits per heavy atom. The normalized spacial score (nSPS) is 14.0. The first-order valence-electron chi connectivity index (χ1n) is 6.67. The number of nitrogens with one attached hydrogen (secondary N) is 1. The van der Waals surface area contributed by atoms with Gasteiger partial charge in [0.2, 0.25) is 0 Å². The van der Waals surface area contributed by atoms with Crippen LogP contribution in [0.15, 0.2) is 30.3 Å². The summed E-state index contributed by atoms with van der Waals surface area (Å²) in [5.74, 6) is 0. The quantitative estimate of drug-likeness (QED) is 0.907. The molecule has 0 spiro atoms. The number of nitrogens with zero attached hydrogens (tertiary/aromatic N) is 2. The lowest BCUT2D eigenvalue weighted by Gasteiger charge is -2.17. The Morgan fingerprint density at radius 2 is 2.11 bits per heavy atom. The van der Waals surface area contributed by atoms with E-state index in [2.05, 4.69) is 36.3 Å². The van der Waals surface area contributed by atoms with Gasteiger partial charge in [-0.3, -0.25) is 10.3 Å². The maximum Gasteiger partial charge on any atom is 0.121 e. The van der Waals surface area contributed by atoms with Crippen LogP contribution in [0.5, 0.6) is 0 Å². The lowest BCUT2D eigenvalue weighted by Crippen LogP contribution is -2.29. The summed E-state index contributed by atoms with van der Waals surface area (Å²) in [7, 11) is 0. The minimum Gasteiger partial charge on any atom is -0.296 e. The predicted molar refractivity (Wildman–Crippen MR) is 77.7 cm³/mol. The zero-order valence-electron chi connectivity index (χ0n) is 11.6. The van der Waals surface area contributed by atoms with E-state index >= 15 is 0 Å². The molecule has 2 aromatic rings. The van der Waals surface area contributed by atoms with Crippen LogP contribution in [0, 0.1) is 18.3 Å². The number of aryl methyl sites for hydroxylation is 1. The summed E-state index contributed by atoms with van der Waals surface area (Å²) in [6.07, 6.45) is 1.01. The molecule has 1 aromatic heterocycles. The number of hydrogen-bond acceptors (Lipinski definition) is 3. The number of hydrogen-bond donors (Lipinski definition) is 1. The van der Waals surface area contributed by atoms with Gasteiger partial charge in [0.25, 0.3) is 0 Å². The number of aromatic nitrogens is 1. The van der Waals surface area contributed by atoms with E-state index in [4.69, 9.17) is 0 Å². The molecule has 0 amide bonds. The Labute approximate surface area is 114 Å². The molecule has 2 rings (SSSR count). The van der Waals surface area contributed by atoms with Crippen LogP contribution in [-0.2, 0) is 0 Å². The van der Waals surface area contributed by atoms with Crippen LogP contribution >= 0.6 is 0 Å². The molecule has 0 aliphatic carbocycles. The van der Waals surface area contributed by atoms with Crippen molar-refractivity contribution in [3.05, 3.63) is 41.6 Å². The smallest absolute Gasteiger partial charge is 0.121 e. The van der Waals surface area contributed by atoms with Gasteiger partial charge < -0.3 is 0 Å². The van der Waals surface area contributed by atoms with Gasteiger partial charge in [-0.05, 0) is 44.0 Å². The first kappa shape index (κ1) is 13.5. The van der Waals surface area contributed by atoms with Gasteiger partial charge >= 0.3 is 0 Å². The van der Waals surface area contributed by atoms with Gasteiger partial charge in [0.1, 0.15) is 6.04 Å². The lowest BCUT2D eigenvalue weighted by molar-refractivity contribution is 0.501. The van der Waals surface area contributed by atoms with Crippen molar-refractivity contribution >= 4 is 10.9 Å². The van der Waals surface area contributed by atoms with E-state index in [-0.39, 0.29) is 6.04 Å². The number of pyridine rings is 1. The third-order valence-corrected chi connectivity index (χ3v) is 3.38. The summed E-state index contributed by atoms with van der Waals surface area (Å²) >= 11 is 0. The van der Waals surface area contributed by atoms with Crippen molar-refractivity contribution in [2.24, 2.45) is 0 Å². The zero-order valence-corrected chi connectivity index (χ0v) is 11.6. The van der Waals surface area contributed by atoms with Crippen molar-refractivity contribution in [1.29, 1.82) is 5.26 Å². The molecule has 1 aromatic carbocycles. The van der Waals surface area contributed by atoms with Crippen molar-refractivity contribution < 1.29 is 0 Å². The van der Waals surface area contributed by atoms with Gasteiger partial charge in [-0.1, -0.05) is 19.1 Å². The van der Waals surface area contributed by atoms with E-state index in [1.54, 1.807) is 0 Å². The first-order chi connectivity index (χ1) is 9.13. The maximum absolute atomic E-state index is 9.31. The second kappa shape index (κ2) is 5.81. The molecule has 98 valence electrons. The second-order valence-electron chi connectivity index (χ2n) is 4.94. The highest BCUT2D eigenvalue weighted by molar-refractivity contribution is 5.79. The molecule has 3 heteroatoms. The summed E-state index contributed by atoms with van der Waals surface area (Å²) in [5.41, 5.74) is 2.99. The Kier molecular flexibility index (Phi) is 4.13. The molecular formula is C16H19N3. The summed E-state index contributed by atoms with van der Waals surface area (Å²) in [5, 5.41) is 13.7. The molecule has 0 saturated heterocycles. The molecule has 0 saturated carbocycles. The molecule has 19 heavy (non-hydrogen) atoms. The molecule has 3 nitrogen and oxygen atoms in total. The standard InChI is InChI=1S/C16H19N3/c1-4-11(2)18-16(10-17)14-7-8-15-13(9-14)6-5-12(3)19-15/h5-9,11,16,18H,4H2,1-3H3. The van der Waals surface area contributed by atoms with Crippen molar-refractivity contribution in [2.75, 3.05) is 0 Å². The fourth-order valence-electron chi connectivity index (χ4n) is 2.04. The van der Waals surface area contributed by atoms with Gasteiger partial charge in [-0.2, -0.15) is 5.26 Å². The highest BCUT2D eigenvalue weighted by Gasteiger charge is 2.13. The fraction of sp³-hybridized carbons (Fsp3) is 0.375. The average molecular weight is 253 g/mol. The second-order valence-corrected chi connectivity index (χ2v) is 4.94. The van der Waals surface area contributed by atoms with Crippen LogP contribution in [0.25, 0.3) is 10.9 Å². The van der Waals surface area contributed by atoms with Crippen LogP contribution in [0.1, 0.15) is 37.6 Å². The molecular weight excluding hydrogens is 234 g/mol. The molecule has 2 unspecified atom stereocenters. The van der Waals surface area contributed by atoms with Gasteiger partial charge in [-0.15, -0.1) is 0 Å². The minimum atomic E-state index is -0.263. The SMILES string of the molecule is CCC(C)NC(C#N)c1ccc2nc(C)ccc2c1. The number of fused-ring (bicyclic) bond motifs is 1. The van der Waals surface area contributed by atoms with E-state index in [1.165, 1.54) is 0 Å². The molecule has 0 fully saturated rings. The van der Waals surface area contributed by atoms with E-state index < -0.39 is 0 Å². The van der Waals surface area contributed by atoms with Crippen LogP contribution in [0.4, 0.5) is 0 Å². The Morgan fingerprint density at radius 1 is 1.32 bits per heavy atom. The number of rotatable bonds is 4. The van der Waals surface area contributed by atoms with Crippen LogP contribution in [-0.4, -0.2) is 11.0 Å². The molecule has 0 aliphatic rings. The molecule has 0 bridgehead atoms. The third kappa shape index (κ3) is 3.10. The largest absolute Gasteiger partial charge is 0.296 e. The molecule has 1 N–H and O–H groups in total. The van der Waals surface area contributed by atoms with Gasteiger partial charge in [0.15, 0.2) is 0 Å². The molecule has 0 aliphatic heterocycles. The third-order valence-electron chi connectivity index (χ3n) is 3.38. The molecule has 1 heterocycles. The van der Waals surface area contributed by atoms with Crippen molar-refractivity contribution in [3.8, 4) is 6.07 Å². The van der Waals surface area contributed by atoms with Gasteiger partial charge in [-0.25, -0.2) is 0 Å². The number of benzene rings is 1. The van der Waals surface area contributed by atoms with E-state index in [1.807, 2.05) is 31.2 Å². The monoisotopic (exact) mass is 253 g/mol.